The van der Waals surface area contributed by atoms with E-state index in [1.807, 2.05) is 37.4 Å². The molecule has 0 aliphatic heterocycles. The van der Waals surface area contributed by atoms with Gasteiger partial charge in [-0.2, -0.15) is 0 Å². The molecule has 0 N–H and O–H groups in total. The van der Waals surface area contributed by atoms with Crippen LogP contribution in [-0.4, -0.2) is 12.0 Å². The third-order valence-corrected chi connectivity index (χ3v) is 3.25. The Kier molecular flexibility index (Phi) is 3.20. The molecule has 4 nitrogen and oxygen atoms in total. The Labute approximate surface area is 121 Å². The summed E-state index contributed by atoms with van der Waals surface area (Å²) in [5.74, 6) is 0.321. The lowest BCUT2D eigenvalue weighted by molar-refractivity contribution is 0.518. The van der Waals surface area contributed by atoms with Gasteiger partial charge in [0, 0.05) is 18.3 Å². The maximum atomic E-state index is 11.9. The molecule has 3 rings (SSSR count). The van der Waals surface area contributed by atoms with Crippen molar-refractivity contribution in [2.24, 2.45) is 0 Å². The average molecular weight is 284 g/mol. The topological polar surface area (TPSA) is 46.3 Å². The van der Waals surface area contributed by atoms with Crippen molar-refractivity contribution in [2.75, 3.05) is 11.4 Å². The number of anilines is 1. The summed E-state index contributed by atoms with van der Waals surface area (Å²) < 4.78 is 6.98. The lowest BCUT2D eigenvalue weighted by Gasteiger charge is -2.10. The molecule has 0 fully saturated rings. The zero-order valence-electron chi connectivity index (χ0n) is 10.8. The first-order valence-electron chi connectivity index (χ1n) is 6.08. The summed E-state index contributed by atoms with van der Waals surface area (Å²) in [4.78, 5) is 16.3. The van der Waals surface area contributed by atoms with E-state index in [4.69, 9.17) is 4.42 Å². The summed E-state index contributed by atoms with van der Waals surface area (Å²) in [6.07, 6.45) is 0. The van der Waals surface area contributed by atoms with Crippen molar-refractivity contribution < 1.29 is 4.42 Å². The van der Waals surface area contributed by atoms with Gasteiger partial charge in [0.1, 0.15) is 0 Å². The molecule has 1 heterocycles. The minimum absolute atomic E-state index is 0.321. The molecule has 0 saturated carbocycles. The molecule has 0 aliphatic carbocycles. The molecule has 0 atom stereocenters. The Bertz CT molecular complexity index is 810. The van der Waals surface area contributed by atoms with Gasteiger partial charge in [0.15, 0.2) is 0 Å². The van der Waals surface area contributed by atoms with Crippen LogP contribution >= 0.6 is 12.8 Å². The molecule has 20 heavy (non-hydrogen) atoms. The van der Waals surface area contributed by atoms with Crippen LogP contribution in [0.3, 0.4) is 0 Å². The van der Waals surface area contributed by atoms with E-state index in [2.05, 4.69) is 17.8 Å². The maximum absolute atomic E-state index is 11.9. The Morgan fingerprint density at radius 3 is 2.50 bits per heavy atom. The number of hydrogen-bond acceptors (Lipinski definition) is 5. The molecule has 0 saturated heterocycles. The molecule has 5 heteroatoms. The van der Waals surface area contributed by atoms with E-state index in [0.29, 0.717) is 16.8 Å². The van der Waals surface area contributed by atoms with Crippen LogP contribution in [0.5, 0.6) is 0 Å². The van der Waals surface area contributed by atoms with E-state index < -0.39 is 0 Å². The van der Waals surface area contributed by atoms with Crippen molar-refractivity contribution in [3.05, 3.63) is 59.0 Å². The lowest BCUT2D eigenvalue weighted by atomic mass is 10.2. The van der Waals surface area contributed by atoms with E-state index >= 15 is 0 Å². The van der Waals surface area contributed by atoms with Crippen molar-refractivity contribution in [2.45, 2.75) is 0 Å². The van der Waals surface area contributed by atoms with Crippen LogP contribution in [0, 0.1) is 0 Å². The highest BCUT2D eigenvalue weighted by atomic mass is 32.1. The number of nitrogens with zero attached hydrogens (tertiary/aromatic N) is 2. The number of benzene rings is 2. The first-order valence-corrected chi connectivity index (χ1v) is 6.48. The summed E-state index contributed by atoms with van der Waals surface area (Å²) in [6.45, 7) is 0. The molecule has 0 bridgehead atoms. The van der Waals surface area contributed by atoms with Crippen molar-refractivity contribution in [1.29, 1.82) is 0 Å². The van der Waals surface area contributed by atoms with Crippen LogP contribution in [0.25, 0.3) is 22.4 Å². The van der Waals surface area contributed by atoms with Gasteiger partial charge < -0.3 is 8.72 Å². The predicted octanol–water partition coefficient (Wildman–Crippen LogP) is 3.14. The van der Waals surface area contributed by atoms with Crippen LogP contribution in [0.1, 0.15) is 0 Å². The minimum Gasteiger partial charge on any atom is -0.403 e. The first-order chi connectivity index (χ1) is 9.65. The smallest absolute Gasteiger partial charge is 0.347 e. The van der Waals surface area contributed by atoms with Crippen LogP contribution in [0.4, 0.5) is 5.69 Å². The maximum Gasteiger partial charge on any atom is 0.347 e. The summed E-state index contributed by atoms with van der Waals surface area (Å²) in [6, 6.07) is 14.6. The van der Waals surface area contributed by atoms with E-state index in [9.17, 15) is 4.79 Å². The SMILES string of the molecule is CN(S)c1ccc(-c2nc3ccccc3c(=O)o2)cc1. The van der Waals surface area contributed by atoms with E-state index in [-0.39, 0.29) is 5.63 Å². The van der Waals surface area contributed by atoms with Crippen LogP contribution in [-0.2, 0) is 0 Å². The van der Waals surface area contributed by atoms with Crippen LogP contribution in [0.2, 0.25) is 0 Å². The standard InChI is InChI=1S/C15H12N2O2S/c1-17(20)11-8-6-10(7-9-11)14-16-13-5-3-2-4-12(13)15(18)19-14/h2-9,20H,1H3. The molecule has 0 unspecified atom stereocenters. The predicted molar refractivity (Wildman–Crippen MR) is 83.1 cm³/mol. The third-order valence-electron chi connectivity index (χ3n) is 3.02. The highest BCUT2D eigenvalue weighted by Crippen LogP contribution is 2.22. The fourth-order valence-corrected chi connectivity index (χ4v) is 2.10. The van der Waals surface area contributed by atoms with Gasteiger partial charge in [0.2, 0.25) is 5.89 Å². The molecule has 3 aromatic rings. The van der Waals surface area contributed by atoms with Crippen molar-refractivity contribution in [3.63, 3.8) is 0 Å². The normalized spacial score (nSPS) is 10.7. The van der Waals surface area contributed by atoms with E-state index in [1.165, 1.54) is 0 Å². The second-order valence-electron chi connectivity index (χ2n) is 4.39. The van der Waals surface area contributed by atoms with Gasteiger partial charge in [0.05, 0.1) is 10.9 Å². The fourth-order valence-electron chi connectivity index (χ4n) is 1.96. The van der Waals surface area contributed by atoms with Gasteiger partial charge in [-0.25, -0.2) is 9.78 Å². The second kappa shape index (κ2) is 5.02. The average Bonchev–Trinajstić information content (AvgIpc) is 2.47. The molecule has 0 aliphatic rings. The molecule has 100 valence electrons. The van der Waals surface area contributed by atoms with Crippen molar-refractivity contribution in [3.8, 4) is 11.5 Å². The Morgan fingerprint density at radius 1 is 1.10 bits per heavy atom. The molecule has 2 aromatic carbocycles. The summed E-state index contributed by atoms with van der Waals surface area (Å²) in [5.41, 5.74) is 1.96. The van der Waals surface area contributed by atoms with Gasteiger partial charge in [-0.3, -0.25) is 0 Å². The van der Waals surface area contributed by atoms with Crippen molar-refractivity contribution in [1.82, 2.24) is 4.98 Å². The summed E-state index contributed by atoms with van der Waals surface area (Å²) in [7, 11) is 1.84. The number of thiol groups is 1. The van der Waals surface area contributed by atoms with Crippen molar-refractivity contribution >= 4 is 29.4 Å². The van der Waals surface area contributed by atoms with Gasteiger partial charge in [-0.15, -0.1) is 0 Å². The van der Waals surface area contributed by atoms with E-state index in [0.717, 1.165) is 11.3 Å². The molecule has 0 spiro atoms. The summed E-state index contributed by atoms with van der Waals surface area (Å²) in [5, 5.41) is 0.489. The number of fused-ring (bicyclic) bond motifs is 1. The highest BCUT2D eigenvalue weighted by molar-refractivity contribution is 7.81. The fraction of sp³-hybridized carbons (Fsp3) is 0.0667. The third kappa shape index (κ3) is 2.28. The number of rotatable bonds is 2. The second-order valence-corrected chi connectivity index (χ2v) is 4.99. The quantitative estimate of drug-likeness (QED) is 0.734. The Hall–Kier alpha value is -2.27. The molecular formula is C15H12N2O2S. The molecule has 0 amide bonds. The lowest BCUT2D eigenvalue weighted by Crippen LogP contribution is -2.03. The summed E-state index contributed by atoms with van der Waals surface area (Å²) >= 11 is 4.22. The zero-order valence-corrected chi connectivity index (χ0v) is 11.7. The minimum atomic E-state index is -0.374. The number of hydrogen-bond donors (Lipinski definition) is 1. The number of aromatic nitrogens is 1. The Morgan fingerprint density at radius 2 is 1.80 bits per heavy atom. The zero-order chi connectivity index (χ0) is 14.1. The number of para-hydroxylation sites is 1. The van der Waals surface area contributed by atoms with Gasteiger partial charge in [0.25, 0.3) is 0 Å². The largest absolute Gasteiger partial charge is 0.403 e. The van der Waals surface area contributed by atoms with Gasteiger partial charge in [-0.1, -0.05) is 24.9 Å². The Balaban J connectivity index is 2.12. The van der Waals surface area contributed by atoms with Crippen LogP contribution < -0.4 is 9.93 Å². The monoisotopic (exact) mass is 284 g/mol. The molecular weight excluding hydrogens is 272 g/mol. The van der Waals surface area contributed by atoms with Gasteiger partial charge >= 0.3 is 5.63 Å². The highest BCUT2D eigenvalue weighted by Gasteiger charge is 2.08. The van der Waals surface area contributed by atoms with E-state index in [1.54, 1.807) is 22.5 Å². The first kappa shape index (κ1) is 12.7. The molecule has 0 radical (unpaired) electrons. The molecule has 1 aromatic heterocycles. The van der Waals surface area contributed by atoms with Gasteiger partial charge in [-0.05, 0) is 36.4 Å². The van der Waals surface area contributed by atoms with Crippen LogP contribution in [0.15, 0.2) is 57.7 Å².